The van der Waals surface area contributed by atoms with Gasteiger partial charge in [0.25, 0.3) is 0 Å². The van der Waals surface area contributed by atoms with Gasteiger partial charge in [-0.15, -0.1) is 0 Å². The highest BCUT2D eigenvalue weighted by Gasteiger charge is 2.38. The standard InChI is InChI=1S/C15H15NO2.C2HF3O2/c1-10-3-6-12(7-4-10)13-9-11(2)5-8-14(13)16-15(17)18;3-2(4,5)1(6)7/h3-9,16H,1-2H3,(H,17,18);(H,6,7). The molecular formula is C17H16F3NO4. The molecule has 0 spiro atoms. The average molecular weight is 355 g/mol. The van der Waals surface area contributed by atoms with Crippen LogP contribution in [0.4, 0.5) is 23.7 Å². The van der Waals surface area contributed by atoms with Gasteiger partial charge < -0.3 is 10.2 Å². The van der Waals surface area contributed by atoms with Crippen molar-refractivity contribution in [3.63, 3.8) is 0 Å². The number of anilines is 1. The minimum atomic E-state index is -5.08. The van der Waals surface area contributed by atoms with Crippen molar-refractivity contribution in [1.82, 2.24) is 0 Å². The number of rotatable bonds is 2. The Morgan fingerprint density at radius 1 is 0.920 bits per heavy atom. The topological polar surface area (TPSA) is 86.6 Å². The van der Waals surface area contributed by atoms with Gasteiger partial charge in [-0.25, -0.2) is 9.59 Å². The molecule has 0 fully saturated rings. The molecule has 0 heterocycles. The molecule has 2 rings (SSSR count). The van der Waals surface area contributed by atoms with Gasteiger partial charge in [-0.1, -0.05) is 41.5 Å². The van der Waals surface area contributed by atoms with Gasteiger partial charge in [0, 0.05) is 5.56 Å². The lowest BCUT2D eigenvalue weighted by atomic mass is 10.0. The summed E-state index contributed by atoms with van der Waals surface area (Å²) in [4.78, 5) is 19.7. The molecule has 2 aromatic carbocycles. The van der Waals surface area contributed by atoms with Gasteiger partial charge in [-0.2, -0.15) is 13.2 Å². The van der Waals surface area contributed by atoms with E-state index in [2.05, 4.69) is 5.32 Å². The molecule has 134 valence electrons. The molecule has 1 amide bonds. The van der Waals surface area contributed by atoms with Crippen LogP contribution in [0.5, 0.6) is 0 Å². The second-order valence-corrected chi connectivity index (χ2v) is 5.15. The molecule has 0 radical (unpaired) electrons. The molecule has 0 saturated heterocycles. The van der Waals surface area contributed by atoms with Crippen molar-refractivity contribution in [3.05, 3.63) is 53.6 Å². The fraction of sp³-hybridized carbons (Fsp3) is 0.176. The first-order valence-corrected chi connectivity index (χ1v) is 6.98. The average Bonchev–Trinajstić information content (AvgIpc) is 2.49. The molecule has 0 bridgehead atoms. The highest BCUT2D eigenvalue weighted by molar-refractivity contribution is 5.90. The zero-order valence-corrected chi connectivity index (χ0v) is 13.4. The number of alkyl halides is 3. The molecule has 3 N–H and O–H groups in total. The van der Waals surface area contributed by atoms with Crippen LogP contribution < -0.4 is 5.32 Å². The summed E-state index contributed by atoms with van der Waals surface area (Å²) in [7, 11) is 0. The lowest BCUT2D eigenvalue weighted by Crippen LogP contribution is -2.21. The summed E-state index contributed by atoms with van der Waals surface area (Å²) in [6.45, 7) is 4.01. The van der Waals surface area contributed by atoms with Crippen molar-refractivity contribution in [3.8, 4) is 11.1 Å². The van der Waals surface area contributed by atoms with E-state index >= 15 is 0 Å². The highest BCUT2D eigenvalue weighted by atomic mass is 19.4. The molecule has 0 aliphatic rings. The first kappa shape index (κ1) is 20.0. The van der Waals surface area contributed by atoms with Crippen molar-refractivity contribution in [2.75, 3.05) is 5.32 Å². The van der Waals surface area contributed by atoms with E-state index in [1.54, 1.807) is 6.07 Å². The van der Waals surface area contributed by atoms with Crippen molar-refractivity contribution in [1.29, 1.82) is 0 Å². The number of benzene rings is 2. The predicted octanol–water partition coefficient (Wildman–Crippen LogP) is 4.69. The maximum atomic E-state index is 10.8. The van der Waals surface area contributed by atoms with Gasteiger partial charge in [-0.3, -0.25) is 5.32 Å². The number of aryl methyl sites for hydroxylation is 2. The van der Waals surface area contributed by atoms with Gasteiger partial charge in [0.05, 0.1) is 5.69 Å². The third-order valence-electron chi connectivity index (χ3n) is 3.02. The number of aliphatic carboxylic acids is 1. The molecule has 0 unspecified atom stereocenters. The van der Waals surface area contributed by atoms with Crippen LogP contribution in [0.2, 0.25) is 0 Å². The van der Waals surface area contributed by atoms with Crippen LogP contribution in [-0.4, -0.2) is 28.5 Å². The number of amides is 1. The summed E-state index contributed by atoms with van der Waals surface area (Å²) in [5, 5.41) is 18.4. The largest absolute Gasteiger partial charge is 0.490 e. The number of halogens is 3. The summed E-state index contributed by atoms with van der Waals surface area (Å²) in [5.41, 5.74) is 4.79. The Balaban J connectivity index is 0.000000381. The summed E-state index contributed by atoms with van der Waals surface area (Å²) >= 11 is 0. The fourth-order valence-corrected chi connectivity index (χ4v) is 1.85. The van der Waals surface area contributed by atoms with E-state index in [-0.39, 0.29) is 0 Å². The lowest BCUT2D eigenvalue weighted by molar-refractivity contribution is -0.192. The minimum Gasteiger partial charge on any atom is -0.475 e. The first-order chi connectivity index (χ1) is 11.5. The van der Waals surface area contributed by atoms with Crippen LogP contribution in [0.3, 0.4) is 0 Å². The van der Waals surface area contributed by atoms with E-state index in [9.17, 15) is 18.0 Å². The van der Waals surface area contributed by atoms with Gasteiger partial charge in [-0.05, 0) is 31.5 Å². The maximum Gasteiger partial charge on any atom is 0.490 e. The smallest absolute Gasteiger partial charge is 0.475 e. The van der Waals surface area contributed by atoms with Crippen molar-refractivity contribution in [2.24, 2.45) is 0 Å². The van der Waals surface area contributed by atoms with Gasteiger partial charge in [0.2, 0.25) is 0 Å². The Morgan fingerprint density at radius 3 is 1.84 bits per heavy atom. The summed E-state index contributed by atoms with van der Waals surface area (Å²) in [5.74, 6) is -2.76. The number of carboxylic acids is 1. The molecule has 8 heteroatoms. The second-order valence-electron chi connectivity index (χ2n) is 5.15. The quantitative estimate of drug-likeness (QED) is 0.729. The predicted molar refractivity (Wildman–Crippen MR) is 86.7 cm³/mol. The van der Waals surface area contributed by atoms with Crippen LogP contribution >= 0.6 is 0 Å². The Hall–Kier alpha value is -3.03. The zero-order chi connectivity index (χ0) is 19.2. The molecule has 5 nitrogen and oxygen atoms in total. The molecule has 0 aliphatic heterocycles. The van der Waals surface area contributed by atoms with E-state index in [0.29, 0.717) is 5.69 Å². The molecule has 2 aromatic rings. The highest BCUT2D eigenvalue weighted by Crippen LogP contribution is 2.29. The number of nitrogens with one attached hydrogen (secondary N) is 1. The molecular weight excluding hydrogens is 339 g/mol. The van der Waals surface area contributed by atoms with Gasteiger partial charge >= 0.3 is 18.2 Å². The normalized spacial score (nSPS) is 10.4. The van der Waals surface area contributed by atoms with E-state index < -0.39 is 18.2 Å². The number of hydrogen-bond donors (Lipinski definition) is 3. The van der Waals surface area contributed by atoms with Crippen molar-refractivity contribution in [2.45, 2.75) is 20.0 Å². The number of carbonyl (C=O) groups is 2. The van der Waals surface area contributed by atoms with Crippen LogP contribution in [0.25, 0.3) is 11.1 Å². The summed E-state index contributed by atoms with van der Waals surface area (Å²) in [6, 6.07) is 13.7. The summed E-state index contributed by atoms with van der Waals surface area (Å²) < 4.78 is 31.7. The van der Waals surface area contributed by atoms with Crippen LogP contribution in [0.15, 0.2) is 42.5 Å². The van der Waals surface area contributed by atoms with E-state index in [4.69, 9.17) is 15.0 Å². The number of hydrogen-bond acceptors (Lipinski definition) is 2. The van der Waals surface area contributed by atoms with E-state index in [1.165, 1.54) is 5.56 Å². The van der Waals surface area contributed by atoms with Crippen molar-refractivity contribution < 1.29 is 33.0 Å². The lowest BCUT2D eigenvalue weighted by Gasteiger charge is -2.10. The number of carboxylic acid groups (broad SMARTS) is 2. The van der Waals surface area contributed by atoms with E-state index in [1.807, 2.05) is 50.2 Å². The minimum absolute atomic E-state index is 0.608. The molecule has 0 atom stereocenters. The maximum absolute atomic E-state index is 10.8. The second kappa shape index (κ2) is 8.18. The third kappa shape index (κ3) is 6.54. The summed E-state index contributed by atoms with van der Waals surface area (Å²) in [6.07, 6.45) is -6.13. The van der Waals surface area contributed by atoms with Crippen LogP contribution in [-0.2, 0) is 4.79 Å². The third-order valence-corrected chi connectivity index (χ3v) is 3.02. The van der Waals surface area contributed by atoms with Gasteiger partial charge in [0.15, 0.2) is 0 Å². The van der Waals surface area contributed by atoms with Crippen molar-refractivity contribution >= 4 is 17.7 Å². The van der Waals surface area contributed by atoms with Crippen LogP contribution in [0.1, 0.15) is 11.1 Å². The van der Waals surface area contributed by atoms with Gasteiger partial charge in [0.1, 0.15) is 0 Å². The monoisotopic (exact) mass is 355 g/mol. The molecule has 0 aromatic heterocycles. The fourth-order valence-electron chi connectivity index (χ4n) is 1.85. The van der Waals surface area contributed by atoms with E-state index in [0.717, 1.165) is 16.7 Å². The first-order valence-electron chi connectivity index (χ1n) is 6.98. The zero-order valence-electron chi connectivity index (χ0n) is 13.4. The Morgan fingerprint density at radius 2 is 1.40 bits per heavy atom. The van der Waals surface area contributed by atoms with Crippen LogP contribution in [0, 0.1) is 13.8 Å². The molecule has 0 saturated carbocycles. The molecule has 0 aliphatic carbocycles. The Kier molecular flexibility index (Phi) is 6.55. The molecule has 25 heavy (non-hydrogen) atoms. The Bertz CT molecular complexity index is 755. The SMILES string of the molecule is Cc1ccc(-c2cc(C)ccc2NC(=O)O)cc1.O=C(O)C(F)(F)F. The Labute approximate surface area is 141 Å².